The van der Waals surface area contributed by atoms with Crippen molar-refractivity contribution in [2.45, 2.75) is 62.6 Å². The van der Waals surface area contributed by atoms with E-state index in [4.69, 9.17) is 27.9 Å². The highest BCUT2D eigenvalue weighted by Gasteiger charge is 2.33. The van der Waals surface area contributed by atoms with Crippen LogP contribution in [-0.4, -0.2) is 50.9 Å². The van der Waals surface area contributed by atoms with E-state index in [0.29, 0.717) is 21.4 Å². The van der Waals surface area contributed by atoms with E-state index in [-0.39, 0.29) is 29.1 Å². The molecule has 3 aromatic rings. The van der Waals surface area contributed by atoms with Crippen molar-refractivity contribution in [3.63, 3.8) is 0 Å². The second-order valence-corrected chi connectivity index (χ2v) is 13.0. The SMILES string of the molecule is COc1ccc(N(CC(=O)N(Cc2ccc(Cl)c(Cl)c2)C(C)C(=O)NC2CCCCC2)S(=O)(=O)c2ccccc2)cc1. The number of carbonyl (C=O) groups is 2. The standard InChI is InChI=1S/C31H35Cl2N3O5S/c1-22(31(38)34-24-9-5-3-6-10-24)35(20-23-13-18-28(32)29(33)19-23)30(37)21-36(25-14-16-26(41-2)17-15-25)42(39,40)27-11-7-4-8-12-27/h4,7-8,11-19,22,24H,3,5-6,9-10,20-21H2,1-2H3,(H,34,38). The Balaban J connectivity index is 1.68. The molecule has 1 unspecified atom stereocenters. The Morgan fingerprint density at radius 3 is 2.24 bits per heavy atom. The Morgan fingerprint density at radius 2 is 1.62 bits per heavy atom. The fourth-order valence-corrected chi connectivity index (χ4v) is 6.74. The summed E-state index contributed by atoms with van der Waals surface area (Å²) in [6.07, 6.45) is 5.00. The molecule has 8 nitrogen and oxygen atoms in total. The van der Waals surface area contributed by atoms with Crippen LogP contribution in [0.5, 0.6) is 5.75 Å². The molecule has 3 aromatic carbocycles. The number of hydrogen-bond acceptors (Lipinski definition) is 5. The van der Waals surface area contributed by atoms with E-state index in [2.05, 4.69) is 5.32 Å². The molecule has 1 fully saturated rings. The third-order valence-electron chi connectivity index (χ3n) is 7.43. The van der Waals surface area contributed by atoms with Crippen molar-refractivity contribution in [2.24, 2.45) is 0 Å². The smallest absolute Gasteiger partial charge is 0.264 e. The Morgan fingerprint density at radius 1 is 0.952 bits per heavy atom. The van der Waals surface area contributed by atoms with E-state index in [1.54, 1.807) is 67.6 Å². The lowest BCUT2D eigenvalue weighted by Crippen LogP contribution is -2.53. The molecule has 1 atom stereocenters. The zero-order chi connectivity index (χ0) is 30.3. The van der Waals surface area contributed by atoms with Gasteiger partial charge < -0.3 is 15.0 Å². The first-order valence-corrected chi connectivity index (χ1v) is 16.1. The average Bonchev–Trinajstić information content (AvgIpc) is 3.00. The fourth-order valence-electron chi connectivity index (χ4n) is 4.98. The number of rotatable bonds is 11. The van der Waals surface area contributed by atoms with Gasteiger partial charge in [0, 0.05) is 12.6 Å². The van der Waals surface area contributed by atoms with Crippen LogP contribution in [-0.2, 0) is 26.2 Å². The van der Waals surface area contributed by atoms with Crippen molar-refractivity contribution in [3.05, 3.63) is 88.4 Å². The summed E-state index contributed by atoms with van der Waals surface area (Å²) in [6, 6.07) is 18.5. The molecule has 0 aromatic heterocycles. The number of nitrogens with one attached hydrogen (secondary N) is 1. The molecule has 4 rings (SSSR count). The van der Waals surface area contributed by atoms with Crippen LogP contribution < -0.4 is 14.4 Å². The quantitative estimate of drug-likeness (QED) is 0.277. The summed E-state index contributed by atoms with van der Waals surface area (Å²) in [5, 5.41) is 3.76. The van der Waals surface area contributed by atoms with Gasteiger partial charge in [-0.15, -0.1) is 0 Å². The molecule has 2 amide bonds. The number of amides is 2. The first-order chi connectivity index (χ1) is 20.1. The maximum atomic E-state index is 14.1. The van der Waals surface area contributed by atoms with Crippen LogP contribution in [0, 0.1) is 0 Å². The summed E-state index contributed by atoms with van der Waals surface area (Å²) in [7, 11) is -2.64. The minimum Gasteiger partial charge on any atom is -0.497 e. The Labute approximate surface area is 257 Å². The van der Waals surface area contributed by atoms with Crippen molar-refractivity contribution >= 4 is 50.7 Å². The second-order valence-electron chi connectivity index (χ2n) is 10.3. The van der Waals surface area contributed by atoms with Crippen molar-refractivity contribution in [2.75, 3.05) is 18.0 Å². The van der Waals surface area contributed by atoms with Gasteiger partial charge in [0.05, 0.1) is 27.7 Å². The maximum absolute atomic E-state index is 14.1. The number of sulfonamides is 1. The van der Waals surface area contributed by atoms with E-state index in [9.17, 15) is 18.0 Å². The van der Waals surface area contributed by atoms with Crippen LogP contribution in [0.15, 0.2) is 77.7 Å². The van der Waals surface area contributed by atoms with E-state index < -0.39 is 28.5 Å². The normalized spacial score (nSPS) is 14.6. The third kappa shape index (κ3) is 7.76. The monoisotopic (exact) mass is 631 g/mol. The highest BCUT2D eigenvalue weighted by Crippen LogP contribution is 2.28. The lowest BCUT2D eigenvalue weighted by atomic mass is 9.95. The van der Waals surface area contributed by atoms with Gasteiger partial charge in [-0.2, -0.15) is 0 Å². The molecule has 1 saturated carbocycles. The minimum atomic E-state index is -4.15. The molecule has 0 bridgehead atoms. The summed E-state index contributed by atoms with van der Waals surface area (Å²) in [6.45, 7) is 1.14. The highest BCUT2D eigenvalue weighted by atomic mass is 35.5. The lowest BCUT2D eigenvalue weighted by Gasteiger charge is -2.33. The molecule has 224 valence electrons. The van der Waals surface area contributed by atoms with Gasteiger partial charge in [-0.1, -0.05) is 66.7 Å². The first kappa shape index (κ1) is 31.7. The molecule has 0 aliphatic heterocycles. The molecule has 1 aliphatic rings. The van der Waals surface area contributed by atoms with E-state index in [1.807, 2.05) is 0 Å². The van der Waals surface area contributed by atoms with Gasteiger partial charge in [0.15, 0.2) is 0 Å². The van der Waals surface area contributed by atoms with Crippen LogP contribution in [0.2, 0.25) is 10.0 Å². The Bertz CT molecular complexity index is 1480. The number of halogens is 2. The van der Waals surface area contributed by atoms with E-state index >= 15 is 0 Å². The van der Waals surface area contributed by atoms with Crippen LogP contribution in [0.4, 0.5) is 5.69 Å². The van der Waals surface area contributed by atoms with Gasteiger partial charge in [-0.05, 0) is 73.9 Å². The molecule has 1 aliphatic carbocycles. The Kier molecular flexibility index (Phi) is 10.8. The van der Waals surface area contributed by atoms with Crippen molar-refractivity contribution in [3.8, 4) is 5.75 Å². The molecule has 0 heterocycles. The molecule has 11 heteroatoms. The van der Waals surface area contributed by atoms with Crippen molar-refractivity contribution in [1.29, 1.82) is 0 Å². The molecule has 0 radical (unpaired) electrons. The molecule has 0 saturated heterocycles. The second kappa shape index (κ2) is 14.3. The fraction of sp³-hybridized carbons (Fsp3) is 0.355. The molecular formula is C31H35Cl2N3O5S. The van der Waals surface area contributed by atoms with Gasteiger partial charge in [-0.3, -0.25) is 13.9 Å². The van der Waals surface area contributed by atoms with Crippen LogP contribution in [0.1, 0.15) is 44.6 Å². The predicted octanol–water partition coefficient (Wildman–Crippen LogP) is 6.06. The number of methoxy groups -OCH3 is 1. The van der Waals surface area contributed by atoms with Crippen LogP contribution >= 0.6 is 23.2 Å². The zero-order valence-corrected chi connectivity index (χ0v) is 26.0. The molecule has 0 spiro atoms. The largest absolute Gasteiger partial charge is 0.497 e. The summed E-state index contributed by atoms with van der Waals surface area (Å²) < 4.78 is 34.0. The molecule has 42 heavy (non-hydrogen) atoms. The highest BCUT2D eigenvalue weighted by molar-refractivity contribution is 7.92. The van der Waals surface area contributed by atoms with Gasteiger partial charge in [0.1, 0.15) is 18.3 Å². The summed E-state index contributed by atoms with van der Waals surface area (Å²) in [5.74, 6) is -0.309. The van der Waals surface area contributed by atoms with Gasteiger partial charge >= 0.3 is 0 Å². The summed E-state index contributed by atoms with van der Waals surface area (Å²) >= 11 is 12.4. The predicted molar refractivity (Wildman–Crippen MR) is 165 cm³/mol. The number of ether oxygens (including phenoxy) is 1. The maximum Gasteiger partial charge on any atom is 0.264 e. The molecular weight excluding hydrogens is 597 g/mol. The van der Waals surface area contributed by atoms with Gasteiger partial charge in [0.2, 0.25) is 11.8 Å². The van der Waals surface area contributed by atoms with E-state index in [0.717, 1.165) is 36.4 Å². The zero-order valence-electron chi connectivity index (χ0n) is 23.6. The summed E-state index contributed by atoms with van der Waals surface area (Å²) in [4.78, 5) is 28.9. The minimum absolute atomic E-state index is 0.0246. The molecule has 1 N–H and O–H groups in total. The Hall–Kier alpha value is -3.27. The number of hydrogen-bond donors (Lipinski definition) is 1. The van der Waals surface area contributed by atoms with Crippen LogP contribution in [0.25, 0.3) is 0 Å². The number of nitrogens with zero attached hydrogens (tertiary/aromatic N) is 2. The van der Waals surface area contributed by atoms with Gasteiger partial charge in [0.25, 0.3) is 10.0 Å². The number of anilines is 1. The van der Waals surface area contributed by atoms with Crippen molar-refractivity contribution < 1.29 is 22.7 Å². The lowest BCUT2D eigenvalue weighted by molar-refractivity contribution is -0.139. The number of benzene rings is 3. The first-order valence-electron chi connectivity index (χ1n) is 13.9. The third-order valence-corrected chi connectivity index (χ3v) is 9.95. The number of carbonyl (C=O) groups excluding carboxylic acids is 2. The summed E-state index contributed by atoms with van der Waals surface area (Å²) in [5.41, 5.74) is 0.929. The average molecular weight is 633 g/mol. The van der Waals surface area contributed by atoms with Crippen molar-refractivity contribution in [1.82, 2.24) is 10.2 Å². The topological polar surface area (TPSA) is 96.0 Å². The van der Waals surface area contributed by atoms with Gasteiger partial charge in [-0.25, -0.2) is 8.42 Å². The van der Waals surface area contributed by atoms with E-state index in [1.165, 1.54) is 24.1 Å². The van der Waals surface area contributed by atoms with Crippen LogP contribution in [0.3, 0.4) is 0 Å².